The number of benzene rings is 1. The van der Waals surface area contributed by atoms with Crippen LogP contribution in [0.5, 0.6) is 0 Å². The summed E-state index contributed by atoms with van der Waals surface area (Å²) >= 11 is 0.595. The van der Waals surface area contributed by atoms with E-state index >= 15 is 8.78 Å². The molecule has 1 aromatic rings. The number of halogens is 11. The normalized spacial score (nSPS) is 20.1. The molecular weight excluding hydrogens is 587 g/mol. The highest BCUT2D eigenvalue weighted by Gasteiger charge is 2.86. The number of aliphatic hydroxyl groups excluding tert-OH is 1. The minimum atomic E-state index is -7.66. The van der Waals surface area contributed by atoms with Crippen LogP contribution in [-0.2, 0) is 10.0 Å². The average molecular weight is 608 g/mol. The molecule has 0 radical (unpaired) electrons. The maximum atomic E-state index is 15.7. The summed E-state index contributed by atoms with van der Waals surface area (Å²) in [6, 6.07) is 2.91. The van der Waals surface area contributed by atoms with Crippen molar-refractivity contribution in [2.24, 2.45) is 5.41 Å². The summed E-state index contributed by atoms with van der Waals surface area (Å²) in [5.41, 5.74) is -1.92. The quantitative estimate of drug-likeness (QED) is 0.190. The van der Waals surface area contributed by atoms with Crippen molar-refractivity contribution in [3.63, 3.8) is 0 Å². The fraction of sp³-hybridized carbons (Fsp3) is 0.524. The van der Waals surface area contributed by atoms with E-state index < -0.39 is 67.8 Å². The third-order valence-corrected chi connectivity index (χ3v) is 8.81. The van der Waals surface area contributed by atoms with Crippen LogP contribution in [0.4, 0.5) is 48.3 Å². The Morgan fingerprint density at radius 3 is 1.95 bits per heavy atom. The van der Waals surface area contributed by atoms with Crippen LogP contribution >= 0.6 is 11.8 Å². The largest absolute Gasteiger partial charge is 0.460 e. The van der Waals surface area contributed by atoms with Gasteiger partial charge in [0.25, 0.3) is 10.0 Å². The van der Waals surface area contributed by atoms with Crippen molar-refractivity contribution in [2.45, 2.75) is 35.7 Å². The molecule has 0 fully saturated rings. The molecule has 17 heteroatoms. The van der Waals surface area contributed by atoms with Gasteiger partial charge < -0.3 is 5.11 Å². The van der Waals surface area contributed by atoms with E-state index in [1.165, 1.54) is 0 Å². The predicted octanol–water partition coefficient (Wildman–Crippen LogP) is 6.02. The Morgan fingerprint density at radius 1 is 0.947 bits per heavy atom. The van der Waals surface area contributed by atoms with Crippen molar-refractivity contribution in [1.29, 1.82) is 0 Å². The monoisotopic (exact) mass is 607 g/mol. The van der Waals surface area contributed by atoms with E-state index in [0.717, 1.165) is 12.2 Å². The Hall–Kier alpha value is -1.85. The van der Waals surface area contributed by atoms with E-state index in [-0.39, 0.29) is 12.8 Å². The number of thioether (sulfide) groups is 1. The fourth-order valence-electron chi connectivity index (χ4n) is 3.42. The second kappa shape index (κ2) is 10.6. The van der Waals surface area contributed by atoms with Crippen LogP contribution in [0.3, 0.4) is 0 Å². The molecule has 2 rings (SSSR count). The molecule has 0 spiro atoms. The van der Waals surface area contributed by atoms with Gasteiger partial charge in [0.1, 0.15) is 0 Å². The molecule has 0 aliphatic heterocycles. The summed E-state index contributed by atoms with van der Waals surface area (Å²) in [5.74, 6) is -16.3. The first kappa shape index (κ1) is 32.4. The zero-order valence-corrected chi connectivity index (χ0v) is 20.8. The maximum Gasteiger partial charge on any atom is 0.460 e. The highest BCUT2D eigenvalue weighted by atomic mass is 32.2. The highest BCUT2D eigenvalue weighted by molar-refractivity contribution is 7.99. The summed E-state index contributed by atoms with van der Waals surface area (Å²) in [5, 5.41) is 1.64. The number of hydrogen-bond acceptors (Lipinski definition) is 4. The van der Waals surface area contributed by atoms with Gasteiger partial charge in [0.15, 0.2) is 0 Å². The van der Waals surface area contributed by atoms with Crippen molar-refractivity contribution in [1.82, 2.24) is 4.31 Å². The molecule has 0 bridgehead atoms. The Balaban J connectivity index is 2.57. The number of allylic oxidation sites excluding steroid dienone is 3. The molecular formula is C21H20F11NO3S2. The molecule has 1 aliphatic rings. The maximum absolute atomic E-state index is 15.7. The lowest BCUT2D eigenvalue weighted by atomic mass is 9.78. The molecule has 1 aromatic carbocycles. The van der Waals surface area contributed by atoms with Gasteiger partial charge in [-0.1, -0.05) is 48.6 Å². The van der Waals surface area contributed by atoms with Gasteiger partial charge in [-0.25, -0.2) is 8.42 Å². The zero-order chi connectivity index (χ0) is 29.4. The van der Waals surface area contributed by atoms with Crippen LogP contribution in [-0.4, -0.2) is 72.3 Å². The Bertz CT molecular complexity index is 1150. The third-order valence-electron chi connectivity index (χ3n) is 5.77. The van der Waals surface area contributed by atoms with E-state index in [0.29, 0.717) is 29.0 Å². The molecule has 0 amide bonds. The smallest absolute Gasteiger partial charge is 0.396 e. The minimum absolute atomic E-state index is 0.205. The number of aliphatic hydroxyl groups is 1. The molecule has 216 valence electrons. The molecule has 1 N–H and O–H groups in total. The number of sulfonamides is 1. The lowest BCUT2D eigenvalue weighted by molar-refractivity contribution is -0.382. The standard InChI is InChI=1S/C21H20F11NO3S2/c1-33(38(35,36)21(31,32)18(24,25)17(22,23)19(26,27)28)20(29,30)16(13-37-12-11-34)9-7-15(8-10-16)14-5-3-2-4-6-14/h2-9,34H,10-13H2,1H3. The Kier molecular flexibility index (Phi) is 9.04. The van der Waals surface area contributed by atoms with Crippen LogP contribution in [0.1, 0.15) is 12.0 Å². The first-order chi connectivity index (χ1) is 17.1. The number of hydrogen-bond donors (Lipinski definition) is 1. The SMILES string of the molecule is CN(C(F)(F)C1(CSCCO)C=CC(c2ccccc2)=CC1)S(=O)(=O)C(F)(F)C(F)(F)C(F)(F)C(F)(F)F. The second-order valence-corrected chi connectivity index (χ2v) is 11.3. The summed E-state index contributed by atoms with van der Waals surface area (Å²) in [7, 11) is -7.90. The lowest BCUT2D eigenvalue weighted by Crippen LogP contribution is -2.67. The average Bonchev–Trinajstić information content (AvgIpc) is 2.83. The first-order valence-corrected chi connectivity index (χ1v) is 12.9. The van der Waals surface area contributed by atoms with Crippen LogP contribution in [0.2, 0.25) is 0 Å². The number of nitrogens with zero attached hydrogens (tertiary/aromatic N) is 1. The Labute approximate surface area is 214 Å². The zero-order valence-electron chi connectivity index (χ0n) is 19.1. The molecule has 0 saturated heterocycles. The summed E-state index contributed by atoms with van der Waals surface area (Å²) in [6.07, 6.45) is -5.19. The third kappa shape index (κ3) is 5.18. The number of rotatable bonds is 11. The predicted molar refractivity (Wildman–Crippen MR) is 118 cm³/mol. The van der Waals surface area contributed by atoms with Gasteiger partial charge in [0, 0.05) is 18.6 Å². The van der Waals surface area contributed by atoms with Gasteiger partial charge in [-0.2, -0.15) is 60.1 Å². The molecule has 0 heterocycles. The van der Waals surface area contributed by atoms with Crippen molar-refractivity contribution in [3.8, 4) is 0 Å². The van der Waals surface area contributed by atoms with Crippen LogP contribution < -0.4 is 0 Å². The van der Waals surface area contributed by atoms with E-state index in [1.54, 1.807) is 30.3 Å². The van der Waals surface area contributed by atoms with Crippen molar-refractivity contribution < 1.29 is 61.8 Å². The fourth-order valence-corrected chi connectivity index (χ4v) is 5.72. The Morgan fingerprint density at radius 2 is 1.50 bits per heavy atom. The topological polar surface area (TPSA) is 57.6 Å². The molecule has 0 saturated carbocycles. The molecule has 1 aliphatic carbocycles. The second-order valence-electron chi connectivity index (χ2n) is 8.17. The molecule has 1 unspecified atom stereocenters. The highest BCUT2D eigenvalue weighted by Crippen LogP contribution is 2.57. The van der Waals surface area contributed by atoms with E-state index in [4.69, 9.17) is 5.11 Å². The molecule has 38 heavy (non-hydrogen) atoms. The molecule has 4 nitrogen and oxygen atoms in total. The van der Waals surface area contributed by atoms with E-state index in [1.807, 2.05) is 0 Å². The van der Waals surface area contributed by atoms with Crippen LogP contribution in [0, 0.1) is 5.41 Å². The summed E-state index contributed by atoms with van der Waals surface area (Å²) in [6.45, 7) is -0.550. The van der Waals surface area contributed by atoms with E-state index in [2.05, 4.69) is 0 Å². The summed E-state index contributed by atoms with van der Waals surface area (Å²) in [4.78, 5) is 0. The first-order valence-electron chi connectivity index (χ1n) is 10.3. The molecule has 0 aromatic heterocycles. The van der Waals surface area contributed by atoms with E-state index in [9.17, 15) is 47.9 Å². The molecule has 1 atom stereocenters. The summed E-state index contributed by atoms with van der Waals surface area (Å²) < 4.78 is 174. The van der Waals surface area contributed by atoms with Gasteiger partial charge in [0.05, 0.1) is 12.0 Å². The van der Waals surface area contributed by atoms with Crippen LogP contribution in [0.15, 0.2) is 48.6 Å². The lowest BCUT2D eigenvalue weighted by Gasteiger charge is -2.44. The van der Waals surface area contributed by atoms with Crippen molar-refractivity contribution in [2.75, 3.05) is 25.2 Å². The number of alkyl halides is 11. The van der Waals surface area contributed by atoms with Crippen molar-refractivity contribution >= 4 is 27.4 Å². The van der Waals surface area contributed by atoms with Crippen LogP contribution in [0.25, 0.3) is 5.57 Å². The van der Waals surface area contributed by atoms with Gasteiger partial charge in [-0.3, -0.25) is 0 Å². The van der Waals surface area contributed by atoms with Gasteiger partial charge in [0.2, 0.25) is 0 Å². The minimum Gasteiger partial charge on any atom is -0.396 e. The van der Waals surface area contributed by atoms with Gasteiger partial charge in [-0.15, -0.1) is 4.31 Å². The van der Waals surface area contributed by atoms with Gasteiger partial charge >= 0.3 is 29.3 Å². The van der Waals surface area contributed by atoms with Crippen molar-refractivity contribution in [3.05, 3.63) is 54.1 Å². The van der Waals surface area contributed by atoms with Gasteiger partial charge in [-0.05, 0) is 17.6 Å².